The molecule has 1 unspecified atom stereocenters. The van der Waals surface area contributed by atoms with E-state index in [0.29, 0.717) is 18.0 Å². The molecule has 110 valence electrons. The normalized spacial score (nSPS) is 23.1. The maximum absolute atomic E-state index is 13.1. The summed E-state index contributed by atoms with van der Waals surface area (Å²) in [7, 11) is 1.55. The number of hydrogen-bond acceptors (Lipinski definition) is 3. The quantitative estimate of drug-likeness (QED) is 0.904. The molecule has 2 N–H and O–H groups in total. The molecule has 6 heteroatoms. The predicted molar refractivity (Wildman–Crippen MR) is 74.9 cm³/mol. The third-order valence-corrected chi connectivity index (χ3v) is 4.19. The van der Waals surface area contributed by atoms with Crippen LogP contribution in [0.2, 0.25) is 5.02 Å². The van der Waals surface area contributed by atoms with Crippen LogP contribution in [0.3, 0.4) is 0 Å². The van der Waals surface area contributed by atoms with E-state index in [4.69, 9.17) is 22.1 Å². The highest BCUT2D eigenvalue weighted by Crippen LogP contribution is 2.32. The van der Waals surface area contributed by atoms with Gasteiger partial charge in [-0.3, -0.25) is 9.69 Å². The van der Waals surface area contributed by atoms with E-state index in [0.717, 1.165) is 18.5 Å². The number of ether oxygens (including phenoxy) is 1. The minimum atomic E-state index is -0.799. The van der Waals surface area contributed by atoms with Crippen LogP contribution in [0.1, 0.15) is 18.4 Å². The lowest BCUT2D eigenvalue weighted by molar-refractivity contribution is -0.132. The Labute approximate surface area is 122 Å². The van der Waals surface area contributed by atoms with Crippen LogP contribution < -0.4 is 5.73 Å². The van der Waals surface area contributed by atoms with E-state index < -0.39 is 11.4 Å². The van der Waals surface area contributed by atoms with E-state index in [1.807, 2.05) is 4.90 Å². The van der Waals surface area contributed by atoms with Gasteiger partial charge in [-0.2, -0.15) is 0 Å². The number of methoxy groups -OCH3 is 1. The molecule has 1 aromatic carbocycles. The number of benzene rings is 1. The van der Waals surface area contributed by atoms with Crippen molar-refractivity contribution < 1.29 is 13.9 Å². The van der Waals surface area contributed by atoms with E-state index in [1.165, 1.54) is 12.1 Å². The Balaban J connectivity index is 2.24. The third kappa shape index (κ3) is 2.80. The van der Waals surface area contributed by atoms with Crippen molar-refractivity contribution in [3.8, 4) is 0 Å². The van der Waals surface area contributed by atoms with Gasteiger partial charge in [-0.25, -0.2) is 4.39 Å². The van der Waals surface area contributed by atoms with Crippen molar-refractivity contribution in [2.75, 3.05) is 20.3 Å². The second kappa shape index (κ2) is 6.08. The van der Waals surface area contributed by atoms with Crippen LogP contribution in [0.25, 0.3) is 0 Å². The third-order valence-electron chi connectivity index (χ3n) is 3.84. The van der Waals surface area contributed by atoms with Crippen molar-refractivity contribution in [3.05, 3.63) is 34.6 Å². The van der Waals surface area contributed by atoms with E-state index in [9.17, 15) is 9.18 Å². The summed E-state index contributed by atoms with van der Waals surface area (Å²) >= 11 is 6.04. The monoisotopic (exact) mass is 300 g/mol. The molecule has 0 aromatic heterocycles. The molecule has 0 aliphatic carbocycles. The van der Waals surface area contributed by atoms with E-state index in [1.54, 1.807) is 13.2 Å². The molecule has 1 atom stereocenters. The van der Waals surface area contributed by atoms with Crippen molar-refractivity contribution in [1.29, 1.82) is 0 Å². The van der Waals surface area contributed by atoms with Gasteiger partial charge >= 0.3 is 0 Å². The van der Waals surface area contributed by atoms with Crippen molar-refractivity contribution in [2.45, 2.75) is 24.9 Å². The van der Waals surface area contributed by atoms with Gasteiger partial charge in [0.25, 0.3) is 0 Å². The zero-order valence-electron chi connectivity index (χ0n) is 11.4. The molecule has 0 spiro atoms. The van der Waals surface area contributed by atoms with Crippen molar-refractivity contribution in [3.63, 3.8) is 0 Å². The second-order valence-corrected chi connectivity index (χ2v) is 5.50. The molecule has 1 amide bonds. The van der Waals surface area contributed by atoms with Gasteiger partial charge in [-0.1, -0.05) is 17.7 Å². The molecule has 2 rings (SSSR count). The van der Waals surface area contributed by atoms with Gasteiger partial charge in [0.15, 0.2) is 0 Å². The summed E-state index contributed by atoms with van der Waals surface area (Å²) in [4.78, 5) is 13.8. The topological polar surface area (TPSA) is 55.6 Å². The van der Waals surface area contributed by atoms with Gasteiger partial charge in [-0.15, -0.1) is 0 Å². The Kier molecular flexibility index (Phi) is 4.62. The zero-order chi connectivity index (χ0) is 14.8. The number of nitrogens with two attached hydrogens (primary N) is 1. The predicted octanol–water partition coefficient (Wildman–Crippen LogP) is 1.95. The lowest BCUT2D eigenvalue weighted by Gasteiger charge is -2.35. The molecular weight excluding hydrogens is 283 g/mol. The molecule has 1 aliphatic heterocycles. The number of halogens is 2. The van der Waals surface area contributed by atoms with Crippen LogP contribution in [0.15, 0.2) is 18.2 Å². The van der Waals surface area contributed by atoms with Gasteiger partial charge in [0.05, 0.1) is 6.61 Å². The number of primary amides is 1. The SMILES string of the molecule is COCC1(C(N)=O)CCCN1Cc1ccc(F)cc1Cl. The lowest BCUT2D eigenvalue weighted by atomic mass is 9.96. The molecule has 1 fully saturated rings. The fraction of sp³-hybridized carbons (Fsp3) is 0.500. The Bertz CT molecular complexity index is 512. The largest absolute Gasteiger partial charge is 0.382 e. The van der Waals surface area contributed by atoms with Crippen LogP contribution in [0.4, 0.5) is 4.39 Å². The maximum Gasteiger partial charge on any atom is 0.240 e. The van der Waals surface area contributed by atoms with Crippen LogP contribution >= 0.6 is 11.6 Å². The van der Waals surface area contributed by atoms with Crippen LogP contribution in [-0.2, 0) is 16.1 Å². The fourth-order valence-corrected chi connectivity index (χ4v) is 3.00. The molecular formula is C14H18ClFN2O2. The summed E-state index contributed by atoms with van der Waals surface area (Å²) < 4.78 is 18.2. The Morgan fingerprint density at radius 1 is 1.60 bits per heavy atom. The van der Waals surface area contributed by atoms with Gasteiger partial charge in [0.1, 0.15) is 11.4 Å². The number of carbonyl (C=O) groups excluding carboxylic acids is 1. The summed E-state index contributed by atoms with van der Waals surface area (Å²) in [6, 6.07) is 4.27. The molecule has 4 nitrogen and oxygen atoms in total. The molecule has 1 aliphatic rings. The van der Waals surface area contributed by atoms with Gasteiger partial charge < -0.3 is 10.5 Å². The first kappa shape index (κ1) is 15.2. The lowest BCUT2D eigenvalue weighted by Crippen LogP contribution is -2.56. The second-order valence-electron chi connectivity index (χ2n) is 5.09. The molecule has 0 bridgehead atoms. The van der Waals surface area contributed by atoms with Crippen LogP contribution in [0, 0.1) is 5.82 Å². The zero-order valence-corrected chi connectivity index (χ0v) is 12.1. The number of hydrogen-bond donors (Lipinski definition) is 1. The summed E-state index contributed by atoms with van der Waals surface area (Å²) in [6.07, 6.45) is 1.53. The minimum absolute atomic E-state index is 0.251. The minimum Gasteiger partial charge on any atom is -0.382 e. The molecule has 20 heavy (non-hydrogen) atoms. The summed E-state index contributed by atoms with van der Waals surface area (Å²) in [5, 5.41) is 0.354. The van der Waals surface area contributed by atoms with Crippen LogP contribution in [-0.4, -0.2) is 36.6 Å². The first-order chi connectivity index (χ1) is 9.49. The Morgan fingerprint density at radius 2 is 2.35 bits per heavy atom. The first-order valence-electron chi connectivity index (χ1n) is 6.47. The summed E-state index contributed by atoms with van der Waals surface area (Å²) in [5.74, 6) is -0.770. The Hall–Kier alpha value is -1.17. The average Bonchev–Trinajstić information content (AvgIpc) is 2.77. The van der Waals surface area contributed by atoms with Crippen molar-refractivity contribution in [1.82, 2.24) is 4.90 Å². The Morgan fingerprint density at radius 3 is 2.95 bits per heavy atom. The van der Waals surface area contributed by atoms with Gasteiger partial charge in [0.2, 0.25) is 5.91 Å². The number of likely N-dealkylation sites (tertiary alicyclic amines) is 1. The summed E-state index contributed by atoms with van der Waals surface area (Å²) in [5.41, 5.74) is 5.55. The molecule has 0 radical (unpaired) electrons. The molecule has 1 heterocycles. The van der Waals surface area contributed by atoms with E-state index in [-0.39, 0.29) is 12.4 Å². The summed E-state index contributed by atoms with van der Waals surface area (Å²) in [6.45, 7) is 1.44. The smallest absolute Gasteiger partial charge is 0.240 e. The maximum atomic E-state index is 13.1. The first-order valence-corrected chi connectivity index (χ1v) is 6.85. The average molecular weight is 301 g/mol. The number of rotatable bonds is 5. The highest BCUT2D eigenvalue weighted by molar-refractivity contribution is 6.31. The van der Waals surface area contributed by atoms with Gasteiger partial charge in [0, 0.05) is 18.7 Å². The highest BCUT2D eigenvalue weighted by atomic mass is 35.5. The standard InChI is InChI=1S/C14H18ClFN2O2/c1-20-9-14(13(17)19)5-2-6-18(14)8-10-3-4-11(16)7-12(10)15/h3-4,7H,2,5-6,8-9H2,1H3,(H2,17,19). The highest BCUT2D eigenvalue weighted by Gasteiger charge is 2.46. The van der Waals surface area contributed by atoms with Gasteiger partial charge in [-0.05, 0) is 37.1 Å². The fourth-order valence-electron chi connectivity index (χ4n) is 2.77. The van der Waals surface area contributed by atoms with Crippen LogP contribution in [0.5, 0.6) is 0 Å². The number of amides is 1. The molecule has 1 aromatic rings. The molecule has 0 saturated carbocycles. The number of nitrogens with zero attached hydrogens (tertiary/aromatic N) is 1. The van der Waals surface area contributed by atoms with Crippen molar-refractivity contribution >= 4 is 17.5 Å². The van der Waals surface area contributed by atoms with E-state index in [2.05, 4.69) is 0 Å². The van der Waals surface area contributed by atoms with E-state index >= 15 is 0 Å². The molecule has 1 saturated heterocycles. The van der Waals surface area contributed by atoms with Crippen molar-refractivity contribution in [2.24, 2.45) is 5.73 Å². The number of carbonyl (C=O) groups is 1.